The monoisotopic (exact) mass is 249 g/mol. The molecule has 1 saturated heterocycles. The molecule has 1 aromatic carbocycles. The van der Waals surface area contributed by atoms with Crippen LogP contribution in [-0.2, 0) is 5.41 Å². The summed E-state index contributed by atoms with van der Waals surface area (Å²) in [5, 5.41) is 3.48. The zero-order valence-electron chi connectivity index (χ0n) is 11.9. The van der Waals surface area contributed by atoms with Gasteiger partial charge in [-0.2, -0.15) is 0 Å². The summed E-state index contributed by atoms with van der Waals surface area (Å²) < 4.78 is 14.3. The molecule has 2 rings (SSSR count). The van der Waals surface area contributed by atoms with Crippen LogP contribution in [-0.4, -0.2) is 6.54 Å². The lowest BCUT2D eigenvalue weighted by atomic mass is 9.82. The van der Waals surface area contributed by atoms with E-state index in [0.29, 0.717) is 6.04 Å². The number of hydrogen-bond donors (Lipinski definition) is 1. The maximum absolute atomic E-state index is 14.3. The standard InChI is InChI=1S/C16H24FN/c1-11-9-12(14-7-5-6-8-18-14)10-13(17)15(11)16(2,3)4/h9-10,14,18H,5-8H2,1-4H3. The summed E-state index contributed by atoms with van der Waals surface area (Å²) in [4.78, 5) is 0. The normalized spacial score (nSPS) is 21.1. The number of nitrogens with one attached hydrogen (secondary N) is 1. The summed E-state index contributed by atoms with van der Waals surface area (Å²) in [6.45, 7) is 9.27. The second-order valence-corrected chi connectivity index (χ2v) is 6.45. The van der Waals surface area contributed by atoms with Gasteiger partial charge in [0.15, 0.2) is 0 Å². The predicted molar refractivity (Wildman–Crippen MR) is 74.4 cm³/mol. The minimum Gasteiger partial charge on any atom is -0.310 e. The third-order valence-electron chi connectivity index (χ3n) is 3.77. The van der Waals surface area contributed by atoms with Crippen LogP contribution in [0.25, 0.3) is 0 Å². The Hall–Kier alpha value is -0.890. The van der Waals surface area contributed by atoms with E-state index in [2.05, 4.69) is 32.2 Å². The van der Waals surface area contributed by atoms with Gasteiger partial charge in [-0.05, 0) is 54.5 Å². The van der Waals surface area contributed by atoms with E-state index in [4.69, 9.17) is 0 Å². The topological polar surface area (TPSA) is 12.0 Å². The van der Waals surface area contributed by atoms with Crippen LogP contribution in [0.4, 0.5) is 4.39 Å². The molecule has 0 bridgehead atoms. The first-order chi connectivity index (χ1) is 8.39. The lowest BCUT2D eigenvalue weighted by Crippen LogP contribution is -2.27. The summed E-state index contributed by atoms with van der Waals surface area (Å²) >= 11 is 0. The molecular weight excluding hydrogens is 225 g/mol. The SMILES string of the molecule is Cc1cc(C2CCCCN2)cc(F)c1C(C)(C)C. The number of hydrogen-bond acceptors (Lipinski definition) is 1. The molecule has 18 heavy (non-hydrogen) atoms. The molecule has 1 aliphatic heterocycles. The molecule has 0 aliphatic carbocycles. The first-order valence-electron chi connectivity index (χ1n) is 6.93. The highest BCUT2D eigenvalue weighted by atomic mass is 19.1. The highest BCUT2D eigenvalue weighted by molar-refractivity contribution is 5.38. The second kappa shape index (κ2) is 5.00. The van der Waals surface area contributed by atoms with Crippen molar-refractivity contribution in [1.82, 2.24) is 5.32 Å². The molecule has 1 N–H and O–H groups in total. The Kier molecular flexibility index (Phi) is 3.76. The van der Waals surface area contributed by atoms with Gasteiger partial charge >= 0.3 is 0 Å². The van der Waals surface area contributed by atoms with Crippen LogP contribution in [0.15, 0.2) is 12.1 Å². The van der Waals surface area contributed by atoms with Crippen molar-refractivity contribution in [3.05, 3.63) is 34.6 Å². The van der Waals surface area contributed by atoms with Crippen molar-refractivity contribution in [2.45, 2.75) is 58.4 Å². The van der Waals surface area contributed by atoms with E-state index in [1.54, 1.807) is 6.07 Å². The van der Waals surface area contributed by atoms with Gasteiger partial charge in [-0.1, -0.05) is 33.3 Å². The molecule has 1 heterocycles. The van der Waals surface area contributed by atoms with E-state index in [9.17, 15) is 4.39 Å². The Morgan fingerprint density at radius 1 is 1.22 bits per heavy atom. The average Bonchev–Trinajstić information content (AvgIpc) is 2.27. The molecule has 2 heteroatoms. The Morgan fingerprint density at radius 3 is 2.44 bits per heavy atom. The fourth-order valence-electron chi connectivity index (χ4n) is 3.06. The van der Waals surface area contributed by atoms with Crippen molar-refractivity contribution in [1.29, 1.82) is 0 Å². The van der Waals surface area contributed by atoms with Gasteiger partial charge in [-0.3, -0.25) is 0 Å². The summed E-state index contributed by atoms with van der Waals surface area (Å²) in [6, 6.07) is 4.23. The van der Waals surface area contributed by atoms with Crippen molar-refractivity contribution in [2.75, 3.05) is 6.54 Å². The molecule has 1 fully saturated rings. The molecule has 1 unspecified atom stereocenters. The molecule has 0 spiro atoms. The van der Waals surface area contributed by atoms with Crippen LogP contribution >= 0.6 is 0 Å². The third-order valence-corrected chi connectivity index (χ3v) is 3.77. The lowest BCUT2D eigenvalue weighted by molar-refractivity contribution is 0.409. The van der Waals surface area contributed by atoms with Crippen LogP contribution in [0.1, 0.15) is 62.8 Å². The van der Waals surface area contributed by atoms with Gasteiger partial charge in [0.25, 0.3) is 0 Å². The van der Waals surface area contributed by atoms with Gasteiger partial charge in [0.2, 0.25) is 0 Å². The van der Waals surface area contributed by atoms with E-state index in [1.807, 2.05) is 6.92 Å². The maximum atomic E-state index is 14.3. The molecule has 0 radical (unpaired) electrons. The van der Waals surface area contributed by atoms with Crippen LogP contribution in [0, 0.1) is 12.7 Å². The minimum absolute atomic E-state index is 0.0510. The van der Waals surface area contributed by atoms with E-state index in [-0.39, 0.29) is 11.2 Å². The van der Waals surface area contributed by atoms with Crippen LogP contribution in [0.2, 0.25) is 0 Å². The summed E-state index contributed by atoms with van der Waals surface area (Å²) in [5.74, 6) is -0.0510. The van der Waals surface area contributed by atoms with Crippen LogP contribution < -0.4 is 5.32 Å². The fraction of sp³-hybridized carbons (Fsp3) is 0.625. The maximum Gasteiger partial charge on any atom is 0.127 e. The summed E-state index contributed by atoms with van der Waals surface area (Å²) in [6.07, 6.45) is 3.59. The van der Waals surface area contributed by atoms with Gasteiger partial charge in [0.1, 0.15) is 5.82 Å². The third kappa shape index (κ3) is 2.74. The van der Waals surface area contributed by atoms with Crippen molar-refractivity contribution < 1.29 is 4.39 Å². The Labute approximate surface area is 110 Å². The Bertz CT molecular complexity index is 402. The predicted octanol–water partition coefficient (Wildman–Crippen LogP) is 4.25. The van der Waals surface area contributed by atoms with Gasteiger partial charge < -0.3 is 5.32 Å². The average molecular weight is 249 g/mol. The highest BCUT2D eigenvalue weighted by Crippen LogP contribution is 2.32. The smallest absolute Gasteiger partial charge is 0.127 e. The van der Waals surface area contributed by atoms with Crippen molar-refractivity contribution in [3.63, 3.8) is 0 Å². The number of halogens is 1. The van der Waals surface area contributed by atoms with Crippen molar-refractivity contribution in [2.24, 2.45) is 0 Å². The molecule has 0 aromatic heterocycles. The van der Waals surface area contributed by atoms with Crippen LogP contribution in [0.3, 0.4) is 0 Å². The molecule has 100 valence electrons. The second-order valence-electron chi connectivity index (χ2n) is 6.45. The lowest BCUT2D eigenvalue weighted by Gasteiger charge is -2.27. The molecular formula is C16H24FN. The Morgan fingerprint density at radius 2 is 1.94 bits per heavy atom. The van der Waals surface area contributed by atoms with E-state index in [0.717, 1.165) is 29.7 Å². The zero-order chi connectivity index (χ0) is 13.3. The molecule has 1 nitrogen and oxygen atoms in total. The van der Waals surface area contributed by atoms with Gasteiger partial charge in [0, 0.05) is 6.04 Å². The first-order valence-corrected chi connectivity index (χ1v) is 6.93. The molecule has 1 aromatic rings. The van der Waals surface area contributed by atoms with Gasteiger partial charge in [0.05, 0.1) is 0 Å². The van der Waals surface area contributed by atoms with Gasteiger partial charge in [-0.15, -0.1) is 0 Å². The first kappa shape index (κ1) is 13.5. The molecule has 0 amide bonds. The van der Waals surface area contributed by atoms with Crippen molar-refractivity contribution in [3.8, 4) is 0 Å². The highest BCUT2D eigenvalue weighted by Gasteiger charge is 2.23. The Balaban J connectivity index is 2.36. The van der Waals surface area contributed by atoms with Crippen LogP contribution in [0.5, 0.6) is 0 Å². The fourth-order valence-corrected chi connectivity index (χ4v) is 3.06. The van der Waals surface area contributed by atoms with E-state index < -0.39 is 0 Å². The number of aryl methyl sites for hydroxylation is 1. The number of benzene rings is 1. The zero-order valence-corrected chi connectivity index (χ0v) is 11.9. The van der Waals surface area contributed by atoms with Gasteiger partial charge in [-0.25, -0.2) is 4.39 Å². The summed E-state index contributed by atoms with van der Waals surface area (Å²) in [7, 11) is 0. The molecule has 1 atom stereocenters. The minimum atomic E-state index is -0.132. The van der Waals surface area contributed by atoms with E-state index >= 15 is 0 Å². The number of piperidine rings is 1. The van der Waals surface area contributed by atoms with E-state index in [1.165, 1.54) is 12.8 Å². The molecule has 0 saturated carbocycles. The quantitative estimate of drug-likeness (QED) is 0.784. The largest absolute Gasteiger partial charge is 0.310 e. The van der Waals surface area contributed by atoms with Crippen molar-refractivity contribution >= 4 is 0 Å². The molecule has 1 aliphatic rings. The number of rotatable bonds is 1. The summed E-state index contributed by atoms with van der Waals surface area (Å²) in [5.41, 5.74) is 2.90.